The fraction of sp³-hybridized carbons (Fsp3) is 0.538. The third kappa shape index (κ3) is 4.00. The Morgan fingerprint density at radius 1 is 1.47 bits per heavy atom. The van der Waals surface area contributed by atoms with Gasteiger partial charge in [0.2, 0.25) is 0 Å². The summed E-state index contributed by atoms with van der Waals surface area (Å²) in [5, 5.41) is 10.1. The maximum atomic E-state index is 4.38. The van der Waals surface area contributed by atoms with E-state index in [-0.39, 0.29) is 0 Å². The van der Waals surface area contributed by atoms with E-state index in [1.807, 2.05) is 4.68 Å². The highest BCUT2D eigenvalue weighted by Crippen LogP contribution is 2.24. The van der Waals surface area contributed by atoms with Crippen molar-refractivity contribution in [1.29, 1.82) is 0 Å². The third-order valence-electron chi connectivity index (χ3n) is 3.01. The molecule has 1 atom stereocenters. The van der Waals surface area contributed by atoms with Gasteiger partial charge in [-0.05, 0) is 59.5 Å². The smallest absolute Gasteiger partial charge is 0.138 e. The van der Waals surface area contributed by atoms with Crippen LogP contribution in [0.25, 0.3) is 0 Å². The first-order valence-electron chi connectivity index (χ1n) is 6.58. The Labute approximate surface area is 131 Å². The van der Waals surface area contributed by atoms with Crippen molar-refractivity contribution in [2.75, 3.05) is 6.54 Å². The first kappa shape index (κ1) is 14.9. The number of rotatable bonds is 7. The van der Waals surface area contributed by atoms with Gasteiger partial charge in [-0.15, -0.1) is 11.3 Å². The number of nitrogens with one attached hydrogen (secondary N) is 1. The lowest BCUT2D eigenvalue weighted by atomic mass is 10.1. The molecule has 0 saturated heterocycles. The maximum absolute atomic E-state index is 4.38. The topological polar surface area (TPSA) is 42.7 Å². The molecular formula is C13H19IN4S. The van der Waals surface area contributed by atoms with Gasteiger partial charge in [0, 0.05) is 19.0 Å². The summed E-state index contributed by atoms with van der Waals surface area (Å²) in [5.41, 5.74) is 1.36. The minimum atomic E-state index is 0.328. The maximum Gasteiger partial charge on any atom is 0.138 e. The summed E-state index contributed by atoms with van der Waals surface area (Å²) in [5.74, 6) is 1.05. The van der Waals surface area contributed by atoms with Crippen LogP contribution < -0.4 is 5.32 Å². The van der Waals surface area contributed by atoms with E-state index in [9.17, 15) is 0 Å². The summed E-state index contributed by atoms with van der Waals surface area (Å²) >= 11 is 4.17. The van der Waals surface area contributed by atoms with Crippen molar-refractivity contribution in [3.63, 3.8) is 0 Å². The first-order valence-corrected chi connectivity index (χ1v) is 8.54. The van der Waals surface area contributed by atoms with Crippen molar-refractivity contribution in [3.05, 3.63) is 32.0 Å². The summed E-state index contributed by atoms with van der Waals surface area (Å²) in [6, 6.07) is 2.58. The van der Waals surface area contributed by atoms with Crippen LogP contribution in [0.1, 0.15) is 37.7 Å². The van der Waals surface area contributed by atoms with E-state index in [1.54, 1.807) is 17.7 Å². The van der Waals surface area contributed by atoms with E-state index >= 15 is 0 Å². The Hall–Kier alpha value is -0.470. The molecule has 2 heterocycles. The van der Waals surface area contributed by atoms with Gasteiger partial charge in [0.05, 0.1) is 2.88 Å². The van der Waals surface area contributed by atoms with Gasteiger partial charge in [-0.2, -0.15) is 5.10 Å². The van der Waals surface area contributed by atoms with Crippen LogP contribution in [-0.4, -0.2) is 21.3 Å². The average Bonchev–Trinajstić information content (AvgIpc) is 3.02. The second-order valence-electron chi connectivity index (χ2n) is 4.39. The van der Waals surface area contributed by atoms with Crippen molar-refractivity contribution in [2.24, 2.45) is 0 Å². The molecule has 2 aromatic rings. The van der Waals surface area contributed by atoms with Gasteiger partial charge < -0.3 is 5.32 Å². The Kier molecular flexibility index (Phi) is 5.77. The predicted octanol–water partition coefficient (Wildman–Crippen LogP) is 3.25. The van der Waals surface area contributed by atoms with E-state index in [2.05, 4.69) is 63.3 Å². The molecule has 0 aromatic carbocycles. The van der Waals surface area contributed by atoms with Crippen LogP contribution in [0.4, 0.5) is 0 Å². The number of aromatic nitrogens is 3. The van der Waals surface area contributed by atoms with E-state index < -0.39 is 0 Å². The van der Waals surface area contributed by atoms with Crippen molar-refractivity contribution in [2.45, 2.75) is 39.3 Å². The van der Waals surface area contributed by atoms with E-state index in [4.69, 9.17) is 0 Å². The fourth-order valence-corrected chi connectivity index (χ4v) is 3.45. The normalized spacial score (nSPS) is 12.8. The summed E-state index contributed by atoms with van der Waals surface area (Å²) in [7, 11) is 0. The highest BCUT2D eigenvalue weighted by Gasteiger charge is 2.16. The highest BCUT2D eigenvalue weighted by molar-refractivity contribution is 14.1. The molecular weight excluding hydrogens is 371 g/mol. The number of thiophene rings is 1. The highest BCUT2D eigenvalue weighted by atomic mass is 127. The number of halogens is 1. The summed E-state index contributed by atoms with van der Waals surface area (Å²) in [6.45, 7) is 6.19. The minimum Gasteiger partial charge on any atom is -0.310 e. The van der Waals surface area contributed by atoms with Gasteiger partial charge in [-0.3, -0.25) is 4.68 Å². The van der Waals surface area contributed by atoms with Gasteiger partial charge in [0.1, 0.15) is 12.2 Å². The van der Waals surface area contributed by atoms with Gasteiger partial charge in [0.25, 0.3) is 0 Å². The summed E-state index contributed by atoms with van der Waals surface area (Å²) < 4.78 is 3.30. The molecule has 19 heavy (non-hydrogen) atoms. The van der Waals surface area contributed by atoms with Crippen molar-refractivity contribution in [3.8, 4) is 0 Å². The SMILES string of the molecule is CCCNC(Cc1ncnn1CC)c1csc(I)c1. The molecule has 0 bridgehead atoms. The molecule has 4 nitrogen and oxygen atoms in total. The van der Waals surface area contributed by atoms with Crippen LogP contribution >= 0.6 is 33.9 Å². The van der Waals surface area contributed by atoms with Crippen LogP contribution in [-0.2, 0) is 13.0 Å². The van der Waals surface area contributed by atoms with Crippen molar-refractivity contribution in [1.82, 2.24) is 20.1 Å². The number of nitrogens with zero attached hydrogens (tertiary/aromatic N) is 3. The molecule has 0 spiro atoms. The van der Waals surface area contributed by atoms with Crippen LogP contribution in [0.15, 0.2) is 17.8 Å². The number of aryl methyl sites for hydroxylation is 1. The molecule has 1 N–H and O–H groups in total. The molecule has 0 amide bonds. The molecule has 0 radical (unpaired) electrons. The Morgan fingerprint density at radius 3 is 2.95 bits per heavy atom. The quantitative estimate of drug-likeness (QED) is 0.739. The van der Waals surface area contributed by atoms with Crippen LogP contribution in [0.5, 0.6) is 0 Å². The molecule has 0 fully saturated rings. The number of hydrogen-bond acceptors (Lipinski definition) is 4. The molecule has 0 aliphatic carbocycles. The predicted molar refractivity (Wildman–Crippen MR) is 87.5 cm³/mol. The lowest BCUT2D eigenvalue weighted by Gasteiger charge is -2.17. The third-order valence-corrected chi connectivity index (χ3v) is 4.82. The molecule has 2 rings (SSSR count). The summed E-state index contributed by atoms with van der Waals surface area (Å²) in [6.07, 6.45) is 3.67. The molecule has 104 valence electrons. The van der Waals surface area contributed by atoms with Crippen LogP contribution in [0.2, 0.25) is 0 Å². The van der Waals surface area contributed by atoms with Gasteiger partial charge in [0.15, 0.2) is 0 Å². The molecule has 0 aliphatic heterocycles. The molecule has 0 saturated carbocycles. The van der Waals surface area contributed by atoms with E-state index in [1.165, 1.54) is 8.45 Å². The minimum absolute atomic E-state index is 0.328. The van der Waals surface area contributed by atoms with Crippen LogP contribution in [0, 0.1) is 2.88 Å². The monoisotopic (exact) mass is 390 g/mol. The van der Waals surface area contributed by atoms with Crippen molar-refractivity contribution < 1.29 is 0 Å². The van der Waals surface area contributed by atoms with Gasteiger partial charge in [-0.1, -0.05) is 6.92 Å². The summed E-state index contributed by atoms with van der Waals surface area (Å²) in [4.78, 5) is 4.38. The Bertz CT molecular complexity index is 508. The zero-order valence-corrected chi connectivity index (χ0v) is 14.2. The first-order chi connectivity index (χ1) is 9.24. The Morgan fingerprint density at radius 2 is 2.32 bits per heavy atom. The van der Waals surface area contributed by atoms with Gasteiger partial charge in [-0.25, -0.2) is 4.98 Å². The zero-order chi connectivity index (χ0) is 13.7. The van der Waals surface area contributed by atoms with Crippen LogP contribution in [0.3, 0.4) is 0 Å². The van der Waals surface area contributed by atoms with Gasteiger partial charge >= 0.3 is 0 Å². The molecule has 0 aliphatic rings. The zero-order valence-electron chi connectivity index (χ0n) is 11.3. The average molecular weight is 390 g/mol. The van der Waals surface area contributed by atoms with E-state index in [0.717, 1.165) is 31.8 Å². The lowest BCUT2D eigenvalue weighted by molar-refractivity contribution is 0.497. The van der Waals surface area contributed by atoms with E-state index in [0.29, 0.717) is 6.04 Å². The number of hydrogen-bond donors (Lipinski definition) is 1. The fourth-order valence-electron chi connectivity index (χ4n) is 2.03. The molecule has 1 unspecified atom stereocenters. The second-order valence-corrected chi connectivity index (χ2v) is 7.19. The lowest BCUT2D eigenvalue weighted by Crippen LogP contribution is -2.25. The second kappa shape index (κ2) is 7.35. The Balaban J connectivity index is 2.14. The standard InChI is InChI=1S/C13H19IN4S/c1-3-5-15-11(10-6-12(14)19-8-10)7-13-16-9-17-18(13)4-2/h6,8-9,11,15H,3-5,7H2,1-2H3. The van der Waals surface area contributed by atoms with Crippen molar-refractivity contribution >= 4 is 33.9 Å². The molecule has 2 aromatic heterocycles. The largest absolute Gasteiger partial charge is 0.310 e. The molecule has 6 heteroatoms.